The maximum Gasteiger partial charge on any atom is 0.306 e. The molecule has 1 aliphatic heterocycles. The summed E-state index contributed by atoms with van der Waals surface area (Å²) in [6, 6.07) is 1.83. The standard InChI is InChI=1S/C12H21NO2/c1-8-4-3-5-9(2)13(8)11-6-10(7-11)12(14)15/h8-11H,3-7H2,1-2H3,(H,14,15). The van der Waals surface area contributed by atoms with E-state index in [0.717, 1.165) is 12.8 Å². The number of hydrogen-bond donors (Lipinski definition) is 1. The Labute approximate surface area is 91.5 Å². The van der Waals surface area contributed by atoms with Crippen molar-refractivity contribution in [3.05, 3.63) is 0 Å². The molecule has 0 aromatic rings. The van der Waals surface area contributed by atoms with Gasteiger partial charge in [0.2, 0.25) is 0 Å². The van der Waals surface area contributed by atoms with E-state index < -0.39 is 5.97 Å². The minimum absolute atomic E-state index is 0.0728. The maximum absolute atomic E-state index is 10.8. The Morgan fingerprint density at radius 1 is 1.20 bits per heavy atom. The Hall–Kier alpha value is -0.570. The first-order valence-corrected chi connectivity index (χ1v) is 6.10. The van der Waals surface area contributed by atoms with Gasteiger partial charge in [-0.15, -0.1) is 0 Å². The van der Waals surface area contributed by atoms with Crippen LogP contribution in [-0.2, 0) is 4.79 Å². The molecule has 3 nitrogen and oxygen atoms in total. The third kappa shape index (κ3) is 2.03. The van der Waals surface area contributed by atoms with Crippen LogP contribution in [0.4, 0.5) is 0 Å². The van der Waals surface area contributed by atoms with Crippen LogP contribution in [0.15, 0.2) is 0 Å². The third-order valence-corrected chi connectivity index (χ3v) is 4.15. The predicted octanol–water partition coefficient (Wildman–Crippen LogP) is 2.11. The zero-order chi connectivity index (χ0) is 11.0. The highest BCUT2D eigenvalue weighted by molar-refractivity contribution is 5.71. The molecule has 2 atom stereocenters. The first-order chi connectivity index (χ1) is 7.09. The Morgan fingerprint density at radius 3 is 2.20 bits per heavy atom. The van der Waals surface area contributed by atoms with E-state index in [9.17, 15) is 4.79 Å². The first-order valence-electron chi connectivity index (χ1n) is 6.10. The maximum atomic E-state index is 10.8. The first kappa shape index (κ1) is 10.9. The quantitative estimate of drug-likeness (QED) is 0.760. The lowest BCUT2D eigenvalue weighted by Gasteiger charge is -2.49. The molecule has 15 heavy (non-hydrogen) atoms. The van der Waals surface area contributed by atoms with Crippen molar-refractivity contribution in [1.82, 2.24) is 4.90 Å². The van der Waals surface area contributed by atoms with E-state index in [1.807, 2.05) is 0 Å². The molecule has 2 unspecified atom stereocenters. The molecular formula is C12H21NO2. The summed E-state index contributed by atoms with van der Waals surface area (Å²) in [7, 11) is 0. The number of carboxylic acid groups (broad SMARTS) is 1. The molecule has 1 aliphatic carbocycles. The molecule has 0 amide bonds. The number of rotatable bonds is 2. The number of piperidine rings is 1. The lowest BCUT2D eigenvalue weighted by molar-refractivity contribution is -0.148. The molecule has 2 aliphatic rings. The molecule has 1 saturated heterocycles. The summed E-state index contributed by atoms with van der Waals surface area (Å²) < 4.78 is 0. The van der Waals surface area contributed by atoms with Crippen molar-refractivity contribution >= 4 is 5.97 Å². The van der Waals surface area contributed by atoms with Crippen LogP contribution in [0, 0.1) is 5.92 Å². The fourth-order valence-electron chi connectivity index (χ4n) is 3.19. The normalized spacial score (nSPS) is 42.3. The molecule has 86 valence electrons. The third-order valence-electron chi connectivity index (χ3n) is 4.15. The molecule has 2 fully saturated rings. The van der Waals surface area contributed by atoms with Gasteiger partial charge >= 0.3 is 5.97 Å². The summed E-state index contributed by atoms with van der Waals surface area (Å²) in [5, 5.41) is 8.86. The van der Waals surface area contributed by atoms with Gasteiger partial charge in [0.1, 0.15) is 0 Å². The van der Waals surface area contributed by atoms with Crippen molar-refractivity contribution in [3.63, 3.8) is 0 Å². The molecule has 0 radical (unpaired) electrons. The van der Waals surface area contributed by atoms with Crippen LogP contribution in [0.25, 0.3) is 0 Å². The second-order valence-electron chi connectivity index (χ2n) is 5.24. The van der Waals surface area contributed by atoms with Gasteiger partial charge in [-0.05, 0) is 39.5 Å². The molecule has 1 N–H and O–H groups in total. The van der Waals surface area contributed by atoms with E-state index in [-0.39, 0.29) is 5.92 Å². The van der Waals surface area contributed by atoms with E-state index in [2.05, 4.69) is 18.7 Å². The summed E-state index contributed by atoms with van der Waals surface area (Å²) in [4.78, 5) is 13.3. The minimum atomic E-state index is -0.608. The zero-order valence-electron chi connectivity index (χ0n) is 9.65. The number of hydrogen-bond acceptors (Lipinski definition) is 2. The van der Waals surface area contributed by atoms with Crippen molar-refractivity contribution in [1.29, 1.82) is 0 Å². The van der Waals surface area contributed by atoms with Gasteiger partial charge in [0.25, 0.3) is 0 Å². The van der Waals surface area contributed by atoms with Gasteiger partial charge in [0.15, 0.2) is 0 Å². The highest BCUT2D eigenvalue weighted by Gasteiger charge is 2.41. The largest absolute Gasteiger partial charge is 0.481 e. The summed E-state index contributed by atoms with van der Waals surface area (Å²) in [5.74, 6) is -0.681. The van der Waals surface area contributed by atoms with Crippen LogP contribution in [-0.4, -0.2) is 34.1 Å². The number of carbonyl (C=O) groups is 1. The highest BCUT2D eigenvalue weighted by Crippen LogP contribution is 2.37. The second kappa shape index (κ2) is 4.12. The Morgan fingerprint density at radius 2 is 1.73 bits per heavy atom. The average Bonchev–Trinajstić information content (AvgIpc) is 2.06. The molecule has 0 aromatic carbocycles. The molecule has 3 heteroatoms. The summed E-state index contributed by atoms with van der Waals surface area (Å²) in [5.41, 5.74) is 0. The van der Waals surface area contributed by atoms with Gasteiger partial charge in [0.05, 0.1) is 5.92 Å². The summed E-state index contributed by atoms with van der Waals surface area (Å²) >= 11 is 0. The van der Waals surface area contributed by atoms with Crippen LogP contribution in [0.1, 0.15) is 46.0 Å². The SMILES string of the molecule is CC1CCCC(C)N1C1CC(C(=O)O)C1. The fraction of sp³-hybridized carbons (Fsp3) is 0.917. The van der Waals surface area contributed by atoms with Crippen LogP contribution < -0.4 is 0 Å². The molecule has 0 aromatic heterocycles. The molecule has 1 saturated carbocycles. The van der Waals surface area contributed by atoms with Crippen molar-refractivity contribution in [2.75, 3.05) is 0 Å². The smallest absolute Gasteiger partial charge is 0.306 e. The lowest BCUT2D eigenvalue weighted by Crippen LogP contribution is -2.55. The molecule has 0 spiro atoms. The van der Waals surface area contributed by atoms with Crippen molar-refractivity contribution < 1.29 is 9.90 Å². The zero-order valence-corrected chi connectivity index (χ0v) is 9.65. The van der Waals surface area contributed by atoms with E-state index in [1.54, 1.807) is 0 Å². The average molecular weight is 211 g/mol. The van der Waals surface area contributed by atoms with Crippen LogP contribution in [0.2, 0.25) is 0 Å². The Balaban J connectivity index is 1.91. The van der Waals surface area contributed by atoms with Gasteiger partial charge in [-0.25, -0.2) is 0 Å². The molecule has 2 rings (SSSR count). The van der Waals surface area contributed by atoms with Gasteiger partial charge in [-0.2, -0.15) is 0 Å². The van der Waals surface area contributed by atoms with E-state index >= 15 is 0 Å². The van der Waals surface area contributed by atoms with E-state index in [4.69, 9.17) is 5.11 Å². The fourth-order valence-corrected chi connectivity index (χ4v) is 3.19. The summed E-state index contributed by atoms with van der Waals surface area (Å²) in [6.07, 6.45) is 5.61. The van der Waals surface area contributed by atoms with Gasteiger partial charge < -0.3 is 5.11 Å². The van der Waals surface area contributed by atoms with E-state index in [0.29, 0.717) is 18.1 Å². The Bertz CT molecular complexity index is 238. The second-order valence-corrected chi connectivity index (χ2v) is 5.24. The highest BCUT2D eigenvalue weighted by atomic mass is 16.4. The number of carboxylic acids is 1. The van der Waals surface area contributed by atoms with Crippen molar-refractivity contribution in [2.45, 2.75) is 64.1 Å². The Kier molecular flexibility index (Phi) is 3.01. The summed E-state index contributed by atoms with van der Waals surface area (Å²) in [6.45, 7) is 4.56. The minimum Gasteiger partial charge on any atom is -0.481 e. The molecular weight excluding hydrogens is 190 g/mol. The number of likely N-dealkylation sites (tertiary alicyclic amines) is 1. The monoisotopic (exact) mass is 211 g/mol. The van der Waals surface area contributed by atoms with E-state index in [1.165, 1.54) is 19.3 Å². The van der Waals surface area contributed by atoms with Gasteiger partial charge in [-0.1, -0.05) is 6.42 Å². The van der Waals surface area contributed by atoms with Gasteiger partial charge in [0, 0.05) is 18.1 Å². The lowest BCUT2D eigenvalue weighted by atomic mass is 9.77. The number of nitrogens with zero attached hydrogens (tertiary/aromatic N) is 1. The van der Waals surface area contributed by atoms with Crippen LogP contribution >= 0.6 is 0 Å². The van der Waals surface area contributed by atoms with Crippen LogP contribution in [0.3, 0.4) is 0 Å². The predicted molar refractivity (Wildman–Crippen MR) is 58.8 cm³/mol. The van der Waals surface area contributed by atoms with Crippen LogP contribution in [0.5, 0.6) is 0 Å². The molecule has 0 bridgehead atoms. The molecule has 1 heterocycles. The van der Waals surface area contributed by atoms with Crippen molar-refractivity contribution in [3.8, 4) is 0 Å². The van der Waals surface area contributed by atoms with Gasteiger partial charge in [-0.3, -0.25) is 9.69 Å². The van der Waals surface area contributed by atoms with Crippen molar-refractivity contribution in [2.24, 2.45) is 5.92 Å². The topological polar surface area (TPSA) is 40.5 Å². The number of aliphatic carboxylic acids is 1.